The van der Waals surface area contributed by atoms with Crippen LogP contribution in [0.15, 0.2) is 24.3 Å². The van der Waals surface area contributed by atoms with Crippen molar-refractivity contribution in [1.82, 2.24) is 19.2 Å². The topological polar surface area (TPSA) is 35.2 Å². The zero-order valence-corrected chi connectivity index (χ0v) is 14.0. The van der Waals surface area contributed by atoms with E-state index in [0.29, 0.717) is 0 Å². The Labute approximate surface area is 136 Å². The summed E-state index contributed by atoms with van der Waals surface area (Å²) in [5.74, 6) is 1.77. The van der Waals surface area contributed by atoms with E-state index in [2.05, 4.69) is 16.4 Å². The van der Waals surface area contributed by atoms with Crippen LogP contribution in [0.2, 0.25) is 0 Å². The first kappa shape index (κ1) is 15.2. The number of benzene rings is 1. The quantitative estimate of drug-likeness (QED) is 0.793. The van der Waals surface area contributed by atoms with E-state index in [-0.39, 0.29) is 0 Å². The second-order valence-corrected chi connectivity index (χ2v) is 5.91. The molecule has 0 spiro atoms. The van der Waals surface area contributed by atoms with Crippen LogP contribution >= 0.6 is 12.2 Å². The van der Waals surface area contributed by atoms with E-state index in [1.54, 1.807) is 7.11 Å². The lowest BCUT2D eigenvalue weighted by Gasteiger charge is -2.13. The molecule has 22 heavy (non-hydrogen) atoms. The number of aromatic nitrogens is 3. The van der Waals surface area contributed by atoms with Crippen LogP contribution in [-0.2, 0) is 13.2 Å². The number of rotatable bonds is 5. The molecule has 0 bridgehead atoms. The number of likely N-dealkylation sites (tertiary alicyclic amines) is 1. The van der Waals surface area contributed by atoms with Gasteiger partial charge in [0.15, 0.2) is 10.6 Å². The van der Waals surface area contributed by atoms with Gasteiger partial charge in [-0.05, 0) is 69.3 Å². The average Bonchev–Trinajstić information content (AvgIpc) is 3.16. The Balaban J connectivity index is 1.93. The van der Waals surface area contributed by atoms with Gasteiger partial charge in [0, 0.05) is 12.1 Å². The summed E-state index contributed by atoms with van der Waals surface area (Å²) < 4.78 is 10.1. The first-order valence-corrected chi connectivity index (χ1v) is 8.18. The highest BCUT2D eigenvalue weighted by Gasteiger charge is 2.16. The van der Waals surface area contributed by atoms with E-state index < -0.39 is 0 Å². The molecule has 2 aromatic rings. The highest BCUT2D eigenvalue weighted by Crippen LogP contribution is 2.22. The average molecular weight is 318 g/mol. The minimum atomic E-state index is 0.787. The van der Waals surface area contributed by atoms with Crippen LogP contribution in [0.25, 0.3) is 11.4 Å². The second kappa shape index (κ2) is 6.62. The number of hydrogen-bond donors (Lipinski definition) is 0. The van der Waals surface area contributed by atoms with Crippen molar-refractivity contribution < 1.29 is 4.74 Å². The number of ether oxygens (including phenoxy) is 1. The van der Waals surface area contributed by atoms with Crippen LogP contribution in [0.3, 0.4) is 0 Å². The predicted octanol–water partition coefficient (Wildman–Crippen LogP) is 3.16. The molecule has 6 heteroatoms. The largest absolute Gasteiger partial charge is 0.497 e. The van der Waals surface area contributed by atoms with E-state index >= 15 is 0 Å². The van der Waals surface area contributed by atoms with Gasteiger partial charge in [-0.2, -0.15) is 5.10 Å². The zero-order valence-electron chi connectivity index (χ0n) is 13.2. The van der Waals surface area contributed by atoms with Gasteiger partial charge < -0.3 is 9.30 Å². The van der Waals surface area contributed by atoms with Crippen molar-refractivity contribution in [1.29, 1.82) is 0 Å². The fourth-order valence-corrected chi connectivity index (χ4v) is 3.20. The van der Waals surface area contributed by atoms with Gasteiger partial charge in [-0.1, -0.05) is 0 Å². The number of methoxy groups -OCH3 is 1. The molecule has 0 N–H and O–H groups in total. The summed E-state index contributed by atoms with van der Waals surface area (Å²) in [5.41, 5.74) is 1.06. The van der Waals surface area contributed by atoms with Crippen molar-refractivity contribution in [2.45, 2.75) is 33.0 Å². The maximum absolute atomic E-state index is 5.61. The predicted molar refractivity (Wildman–Crippen MR) is 89.5 cm³/mol. The molecule has 0 amide bonds. The lowest BCUT2D eigenvalue weighted by Crippen LogP contribution is -2.23. The number of hydrogen-bond acceptors (Lipinski definition) is 4. The van der Waals surface area contributed by atoms with E-state index in [0.717, 1.165) is 48.2 Å². The molecule has 0 aliphatic carbocycles. The smallest absolute Gasteiger partial charge is 0.199 e. The van der Waals surface area contributed by atoms with Crippen molar-refractivity contribution >= 4 is 12.2 Å². The third-order valence-electron chi connectivity index (χ3n) is 4.12. The van der Waals surface area contributed by atoms with Crippen molar-refractivity contribution in [2.75, 3.05) is 20.2 Å². The summed E-state index contributed by atoms with van der Waals surface area (Å²) in [7, 11) is 1.67. The fourth-order valence-electron chi connectivity index (χ4n) is 2.89. The molecule has 0 atom stereocenters. The second-order valence-electron chi connectivity index (χ2n) is 5.55. The summed E-state index contributed by atoms with van der Waals surface area (Å²) in [6, 6.07) is 7.97. The number of nitrogens with zero attached hydrogens (tertiary/aromatic N) is 4. The summed E-state index contributed by atoms with van der Waals surface area (Å²) in [6.07, 6.45) is 2.54. The molecule has 1 aromatic heterocycles. The third-order valence-corrected chi connectivity index (χ3v) is 4.55. The fraction of sp³-hybridized carbons (Fsp3) is 0.500. The Kier molecular flexibility index (Phi) is 4.59. The van der Waals surface area contributed by atoms with Crippen molar-refractivity contribution in [3.63, 3.8) is 0 Å². The van der Waals surface area contributed by atoms with Crippen LogP contribution < -0.4 is 4.74 Å². The highest BCUT2D eigenvalue weighted by molar-refractivity contribution is 7.71. The summed E-state index contributed by atoms with van der Waals surface area (Å²) in [5, 5.41) is 4.76. The minimum absolute atomic E-state index is 0.787. The Morgan fingerprint density at radius 1 is 1.18 bits per heavy atom. The Morgan fingerprint density at radius 3 is 2.45 bits per heavy atom. The van der Waals surface area contributed by atoms with Crippen molar-refractivity contribution in [3.8, 4) is 17.1 Å². The van der Waals surface area contributed by atoms with E-state index in [9.17, 15) is 0 Å². The molecule has 5 nitrogen and oxygen atoms in total. The van der Waals surface area contributed by atoms with Gasteiger partial charge in [0.1, 0.15) is 5.75 Å². The van der Waals surface area contributed by atoms with Gasteiger partial charge in [0.2, 0.25) is 0 Å². The van der Waals surface area contributed by atoms with Crippen LogP contribution in [-0.4, -0.2) is 39.4 Å². The lowest BCUT2D eigenvalue weighted by molar-refractivity contribution is 0.253. The van der Waals surface area contributed by atoms with E-state index in [1.807, 2.05) is 28.9 Å². The molecule has 1 fully saturated rings. The Morgan fingerprint density at radius 2 is 1.86 bits per heavy atom. The normalized spacial score (nSPS) is 15.4. The van der Waals surface area contributed by atoms with E-state index in [4.69, 9.17) is 22.1 Å². The molecule has 1 aromatic carbocycles. The molecule has 3 rings (SSSR count). The monoisotopic (exact) mass is 318 g/mol. The van der Waals surface area contributed by atoms with Crippen LogP contribution in [0.1, 0.15) is 19.8 Å². The third kappa shape index (κ3) is 2.94. The van der Waals surface area contributed by atoms with Gasteiger partial charge in [-0.15, -0.1) is 0 Å². The van der Waals surface area contributed by atoms with Gasteiger partial charge in [-0.25, -0.2) is 4.68 Å². The SMILES string of the molecule is CCn1c(-c2ccc(OC)cc2)nn(CN2CCCC2)c1=S. The molecule has 1 aliphatic rings. The standard InChI is InChI=1S/C16H22N4OS/c1-3-19-15(13-6-8-14(21-2)9-7-13)17-20(16(19)22)12-18-10-4-5-11-18/h6-9H,3-5,10-12H2,1-2H3. The molecule has 0 unspecified atom stereocenters. The summed E-state index contributed by atoms with van der Waals surface area (Å²) in [4.78, 5) is 2.40. The Hall–Kier alpha value is -1.66. The first-order chi connectivity index (χ1) is 10.7. The van der Waals surface area contributed by atoms with E-state index in [1.165, 1.54) is 12.8 Å². The molecule has 1 saturated heterocycles. The minimum Gasteiger partial charge on any atom is -0.497 e. The molecule has 118 valence electrons. The summed E-state index contributed by atoms with van der Waals surface area (Å²) in [6.45, 7) is 5.98. The lowest BCUT2D eigenvalue weighted by atomic mass is 10.2. The maximum atomic E-state index is 5.61. The van der Waals surface area contributed by atoms with Crippen molar-refractivity contribution in [3.05, 3.63) is 29.0 Å². The highest BCUT2D eigenvalue weighted by atomic mass is 32.1. The zero-order chi connectivity index (χ0) is 15.5. The Bertz CT molecular complexity index is 683. The van der Waals surface area contributed by atoms with Gasteiger partial charge in [0.25, 0.3) is 0 Å². The van der Waals surface area contributed by atoms with Crippen LogP contribution in [0.4, 0.5) is 0 Å². The van der Waals surface area contributed by atoms with Gasteiger partial charge in [0.05, 0.1) is 13.8 Å². The van der Waals surface area contributed by atoms with Gasteiger partial charge >= 0.3 is 0 Å². The molecule has 0 saturated carbocycles. The van der Waals surface area contributed by atoms with Crippen molar-refractivity contribution in [2.24, 2.45) is 0 Å². The molecule has 0 radical (unpaired) electrons. The molecule has 1 aliphatic heterocycles. The van der Waals surface area contributed by atoms with Gasteiger partial charge in [-0.3, -0.25) is 4.90 Å². The molecular weight excluding hydrogens is 296 g/mol. The maximum Gasteiger partial charge on any atom is 0.199 e. The molecular formula is C16H22N4OS. The van der Waals surface area contributed by atoms with Crippen LogP contribution in [0.5, 0.6) is 5.75 Å². The van der Waals surface area contributed by atoms with Crippen LogP contribution in [0, 0.1) is 4.77 Å². The molecule has 2 heterocycles. The summed E-state index contributed by atoms with van der Waals surface area (Å²) >= 11 is 5.61. The first-order valence-electron chi connectivity index (χ1n) is 7.77.